The molecule has 0 fully saturated rings. The van der Waals surface area contributed by atoms with E-state index in [0.29, 0.717) is 6.54 Å². The van der Waals surface area contributed by atoms with Crippen LogP contribution in [0, 0.1) is 24.0 Å². The van der Waals surface area contributed by atoms with E-state index in [0.717, 1.165) is 11.1 Å². The second-order valence-corrected chi connectivity index (χ2v) is 4.21. The number of hydrogen-bond donors (Lipinski definition) is 1. The zero-order chi connectivity index (χ0) is 15.1. The molecule has 1 aromatic carbocycles. The van der Waals surface area contributed by atoms with Gasteiger partial charge in [0.2, 0.25) is 0 Å². The zero-order valence-electron chi connectivity index (χ0n) is 11.2. The van der Waals surface area contributed by atoms with E-state index >= 15 is 0 Å². The Bertz CT molecular complexity index is 590. The highest BCUT2D eigenvalue weighted by Crippen LogP contribution is 2.12. The lowest BCUT2D eigenvalue weighted by Gasteiger charge is -2.06. The highest BCUT2D eigenvalue weighted by molar-refractivity contribution is 5.97. The average molecular weight is 277 g/mol. The number of carbonyl (C=O) groups is 1. The van der Waals surface area contributed by atoms with Crippen LogP contribution in [0.5, 0.6) is 0 Å². The first-order valence-electron chi connectivity index (χ1n) is 5.79. The average Bonchev–Trinajstić information content (AvgIpc) is 2.80. The SMILES string of the molecule is Cc1ccc(C(=O)Cn2ccnc2)c(C)c1.O=[N+]([O-])O. The Morgan fingerprint density at radius 3 is 2.60 bits per heavy atom. The first kappa shape index (κ1) is 15.4. The molecule has 106 valence electrons. The molecular weight excluding hydrogens is 262 g/mol. The molecule has 0 amide bonds. The summed E-state index contributed by atoms with van der Waals surface area (Å²) in [6.07, 6.45) is 5.12. The molecule has 7 nitrogen and oxygen atoms in total. The third-order valence-corrected chi connectivity index (χ3v) is 2.57. The standard InChI is InChI=1S/C13H14N2O.HNO3/c1-10-3-4-12(11(2)7-10)13(16)8-15-6-5-14-9-15;2-1(3)4/h3-7,9H,8H2,1-2H3;(H,2,3,4). The summed E-state index contributed by atoms with van der Waals surface area (Å²) in [5.41, 5.74) is 3.00. The Hall–Kier alpha value is -2.70. The fourth-order valence-corrected chi connectivity index (χ4v) is 1.76. The van der Waals surface area contributed by atoms with Crippen molar-refractivity contribution in [2.75, 3.05) is 0 Å². The molecule has 1 aromatic heterocycles. The molecule has 0 bridgehead atoms. The van der Waals surface area contributed by atoms with E-state index < -0.39 is 5.09 Å². The summed E-state index contributed by atoms with van der Waals surface area (Å²) in [5.74, 6) is 0.121. The van der Waals surface area contributed by atoms with E-state index in [9.17, 15) is 4.79 Å². The number of carbonyl (C=O) groups excluding carboxylic acids is 1. The summed E-state index contributed by atoms with van der Waals surface area (Å²) >= 11 is 0. The lowest BCUT2D eigenvalue weighted by Crippen LogP contribution is -2.10. The van der Waals surface area contributed by atoms with Crippen LogP contribution in [-0.4, -0.2) is 25.6 Å². The Morgan fingerprint density at radius 2 is 2.10 bits per heavy atom. The predicted octanol–water partition coefficient (Wildman–Crippen LogP) is 2.04. The van der Waals surface area contributed by atoms with Gasteiger partial charge in [-0.2, -0.15) is 0 Å². The van der Waals surface area contributed by atoms with Gasteiger partial charge < -0.3 is 9.77 Å². The van der Waals surface area contributed by atoms with Crippen molar-refractivity contribution in [3.8, 4) is 0 Å². The Morgan fingerprint density at radius 1 is 1.45 bits per heavy atom. The summed E-state index contributed by atoms with van der Waals surface area (Å²) in [4.78, 5) is 24.3. The second kappa shape index (κ2) is 7.03. The van der Waals surface area contributed by atoms with Crippen LogP contribution < -0.4 is 0 Å². The van der Waals surface area contributed by atoms with Crippen LogP contribution in [0.15, 0.2) is 36.9 Å². The summed E-state index contributed by atoms with van der Waals surface area (Å²) in [7, 11) is 0. The molecule has 20 heavy (non-hydrogen) atoms. The van der Waals surface area contributed by atoms with E-state index in [-0.39, 0.29) is 5.78 Å². The smallest absolute Gasteiger partial charge is 0.291 e. The minimum absolute atomic E-state index is 0.121. The van der Waals surface area contributed by atoms with Crippen LogP contribution in [0.4, 0.5) is 0 Å². The molecule has 2 rings (SSSR count). The molecule has 0 unspecified atom stereocenters. The maximum atomic E-state index is 12.0. The van der Waals surface area contributed by atoms with Gasteiger partial charge in [0.15, 0.2) is 5.78 Å². The number of aromatic nitrogens is 2. The molecule has 0 saturated heterocycles. The number of Topliss-reactive ketones (excluding diaryl/α,β-unsaturated/α-hetero) is 1. The molecule has 0 atom stereocenters. The van der Waals surface area contributed by atoms with Gasteiger partial charge in [-0.3, -0.25) is 4.79 Å². The monoisotopic (exact) mass is 277 g/mol. The number of hydrogen-bond acceptors (Lipinski definition) is 4. The lowest BCUT2D eigenvalue weighted by atomic mass is 10.0. The quantitative estimate of drug-likeness (QED) is 0.526. The highest BCUT2D eigenvalue weighted by atomic mass is 16.9. The maximum Gasteiger partial charge on any atom is 0.291 e. The summed E-state index contributed by atoms with van der Waals surface area (Å²) in [6, 6.07) is 5.89. The molecule has 0 aliphatic rings. The first-order valence-corrected chi connectivity index (χ1v) is 5.79. The maximum absolute atomic E-state index is 12.0. The van der Waals surface area contributed by atoms with Crippen molar-refractivity contribution < 1.29 is 15.1 Å². The van der Waals surface area contributed by atoms with E-state index in [1.807, 2.05) is 32.0 Å². The number of nitrogens with zero attached hydrogens (tertiary/aromatic N) is 3. The Labute approximate surface area is 115 Å². The molecule has 0 radical (unpaired) electrons. The van der Waals surface area contributed by atoms with Gasteiger partial charge in [0.25, 0.3) is 5.09 Å². The van der Waals surface area contributed by atoms with Gasteiger partial charge in [-0.15, -0.1) is 10.1 Å². The number of benzene rings is 1. The van der Waals surface area contributed by atoms with Crippen molar-refractivity contribution in [3.05, 3.63) is 63.7 Å². The molecule has 1 heterocycles. The van der Waals surface area contributed by atoms with Gasteiger partial charge in [0.05, 0.1) is 12.9 Å². The molecular formula is C13H15N3O4. The fraction of sp³-hybridized carbons (Fsp3) is 0.231. The van der Waals surface area contributed by atoms with Crippen molar-refractivity contribution in [1.82, 2.24) is 9.55 Å². The van der Waals surface area contributed by atoms with Gasteiger partial charge in [-0.1, -0.05) is 23.8 Å². The Balaban J connectivity index is 0.000000444. The van der Waals surface area contributed by atoms with Gasteiger partial charge in [0, 0.05) is 18.0 Å². The van der Waals surface area contributed by atoms with Gasteiger partial charge in [0.1, 0.15) is 0 Å². The molecule has 2 aromatic rings. The van der Waals surface area contributed by atoms with E-state index in [4.69, 9.17) is 15.3 Å². The molecule has 0 aliphatic carbocycles. The summed E-state index contributed by atoms with van der Waals surface area (Å²) < 4.78 is 1.78. The fourth-order valence-electron chi connectivity index (χ4n) is 1.76. The van der Waals surface area contributed by atoms with E-state index in [2.05, 4.69) is 4.98 Å². The third kappa shape index (κ3) is 4.89. The van der Waals surface area contributed by atoms with Gasteiger partial charge >= 0.3 is 0 Å². The minimum Gasteiger partial charge on any atom is -0.330 e. The highest BCUT2D eigenvalue weighted by Gasteiger charge is 2.09. The summed E-state index contributed by atoms with van der Waals surface area (Å²) in [6.45, 7) is 4.34. The van der Waals surface area contributed by atoms with Crippen LogP contribution in [0.25, 0.3) is 0 Å². The number of ketones is 1. The molecule has 0 aliphatic heterocycles. The topological polar surface area (TPSA) is 98.3 Å². The van der Waals surface area contributed by atoms with Crippen LogP contribution in [0.2, 0.25) is 0 Å². The molecule has 0 spiro atoms. The minimum atomic E-state index is -1.50. The summed E-state index contributed by atoms with van der Waals surface area (Å²) in [5, 5.41) is 13.6. The molecule has 0 saturated carbocycles. The normalized spacial score (nSPS) is 9.50. The van der Waals surface area contributed by atoms with Crippen molar-refractivity contribution >= 4 is 5.78 Å². The van der Waals surface area contributed by atoms with Gasteiger partial charge in [-0.25, -0.2) is 4.98 Å². The van der Waals surface area contributed by atoms with Crippen LogP contribution in [-0.2, 0) is 6.54 Å². The number of imidazole rings is 1. The van der Waals surface area contributed by atoms with Crippen molar-refractivity contribution in [1.29, 1.82) is 0 Å². The zero-order valence-corrected chi connectivity index (χ0v) is 11.2. The number of aryl methyl sites for hydroxylation is 2. The lowest BCUT2D eigenvalue weighted by molar-refractivity contribution is -0.742. The predicted molar refractivity (Wildman–Crippen MR) is 71.3 cm³/mol. The third-order valence-electron chi connectivity index (χ3n) is 2.57. The van der Waals surface area contributed by atoms with Crippen LogP contribution >= 0.6 is 0 Å². The van der Waals surface area contributed by atoms with Crippen LogP contribution in [0.3, 0.4) is 0 Å². The Kier molecular flexibility index (Phi) is 5.40. The molecule has 7 heteroatoms. The van der Waals surface area contributed by atoms with Crippen molar-refractivity contribution in [2.24, 2.45) is 0 Å². The number of rotatable bonds is 3. The van der Waals surface area contributed by atoms with Crippen molar-refractivity contribution in [3.63, 3.8) is 0 Å². The van der Waals surface area contributed by atoms with E-state index in [1.54, 1.807) is 23.3 Å². The van der Waals surface area contributed by atoms with Crippen LogP contribution in [0.1, 0.15) is 21.5 Å². The van der Waals surface area contributed by atoms with E-state index in [1.165, 1.54) is 5.56 Å². The second-order valence-electron chi connectivity index (χ2n) is 4.21. The molecule has 1 N–H and O–H groups in total. The van der Waals surface area contributed by atoms with Gasteiger partial charge in [-0.05, 0) is 19.4 Å². The largest absolute Gasteiger partial charge is 0.330 e. The van der Waals surface area contributed by atoms with Crippen molar-refractivity contribution in [2.45, 2.75) is 20.4 Å². The first-order chi connectivity index (χ1) is 9.40.